The topological polar surface area (TPSA) is 126 Å². The molecule has 36 heavy (non-hydrogen) atoms. The fourth-order valence-electron chi connectivity index (χ4n) is 2.88. The molecule has 15 heteroatoms. The Labute approximate surface area is 212 Å². The van der Waals surface area contributed by atoms with Crippen LogP contribution < -0.4 is 15.4 Å². The van der Waals surface area contributed by atoms with Gasteiger partial charge in [-0.15, -0.1) is 11.3 Å². The third-order valence-corrected chi connectivity index (χ3v) is 6.95. The molecule has 3 aromatic rings. The molecule has 0 radical (unpaired) electrons. The van der Waals surface area contributed by atoms with Gasteiger partial charge >= 0.3 is 17.8 Å². The van der Waals surface area contributed by atoms with Gasteiger partial charge in [0.2, 0.25) is 0 Å². The van der Waals surface area contributed by atoms with Crippen LogP contribution in [0.2, 0.25) is 5.02 Å². The molecule has 3 N–H and O–H groups in total. The number of amides is 1. The Morgan fingerprint density at radius 2 is 1.83 bits per heavy atom. The number of ether oxygens (including phenoxy) is 1. The summed E-state index contributed by atoms with van der Waals surface area (Å²) in [4.78, 5) is 28.8. The average Bonchev–Trinajstić information content (AvgIpc) is 3.30. The molecular formula is C21H18ClF3N4O5S2. The minimum atomic E-state index is -5.38. The summed E-state index contributed by atoms with van der Waals surface area (Å²) in [5, 5.41) is 5.38. The van der Waals surface area contributed by atoms with Crippen molar-refractivity contribution in [3.63, 3.8) is 0 Å². The molecule has 1 atom stereocenters. The SMILES string of the molecule is CCOC(=O)[C@](NC(=O)c1cccc(Cl)c1)(Nc1ccc(S(=O)(=O)Nc2nccs2)cc1)C(F)(F)F. The Kier molecular flexibility index (Phi) is 8.11. The van der Waals surface area contributed by atoms with Crippen molar-refractivity contribution >= 4 is 55.7 Å². The van der Waals surface area contributed by atoms with E-state index in [1.54, 1.807) is 10.7 Å². The van der Waals surface area contributed by atoms with Gasteiger partial charge in [-0.2, -0.15) is 13.2 Å². The lowest BCUT2D eigenvalue weighted by atomic mass is 10.1. The highest BCUT2D eigenvalue weighted by molar-refractivity contribution is 7.93. The maximum Gasteiger partial charge on any atom is 0.441 e. The summed E-state index contributed by atoms with van der Waals surface area (Å²) < 4.78 is 74.9. The minimum Gasteiger partial charge on any atom is -0.463 e. The Bertz CT molecular complexity index is 1340. The second-order valence-corrected chi connectivity index (χ2v) is 10.0. The van der Waals surface area contributed by atoms with Crippen molar-refractivity contribution in [1.82, 2.24) is 10.3 Å². The Morgan fingerprint density at radius 3 is 2.39 bits per heavy atom. The maximum atomic E-state index is 14.4. The van der Waals surface area contributed by atoms with Gasteiger partial charge in [-0.3, -0.25) is 9.52 Å². The van der Waals surface area contributed by atoms with Crippen molar-refractivity contribution < 1.29 is 35.9 Å². The fraction of sp³-hybridized carbons (Fsp3) is 0.190. The molecule has 0 aliphatic carbocycles. The molecule has 192 valence electrons. The number of aromatic nitrogens is 1. The minimum absolute atomic E-state index is 0.0903. The molecule has 0 fully saturated rings. The van der Waals surface area contributed by atoms with E-state index in [4.69, 9.17) is 11.6 Å². The Balaban J connectivity index is 1.96. The number of alkyl halides is 3. The standard InChI is InChI=1S/C21H18ClF3N4O5S2/c1-2-34-18(31)20(21(23,24)25,28-17(30)13-4-3-5-14(22)12-13)27-15-6-8-16(9-7-15)36(32,33)29-19-26-10-11-35-19/h3-12,27H,2H2,1H3,(H,26,29)(H,28,30)/t20-/m1/s1. The quantitative estimate of drug-likeness (QED) is 0.263. The highest BCUT2D eigenvalue weighted by Crippen LogP contribution is 2.34. The molecule has 0 saturated heterocycles. The molecule has 3 rings (SSSR count). The summed E-state index contributed by atoms with van der Waals surface area (Å²) in [5.41, 5.74) is -4.28. The maximum absolute atomic E-state index is 14.4. The number of nitrogens with zero attached hydrogens (tertiary/aromatic N) is 1. The van der Waals surface area contributed by atoms with E-state index in [0.717, 1.165) is 41.7 Å². The molecule has 2 aromatic carbocycles. The Morgan fingerprint density at radius 1 is 1.14 bits per heavy atom. The zero-order valence-corrected chi connectivity index (χ0v) is 20.7. The van der Waals surface area contributed by atoms with Gasteiger partial charge in [0.25, 0.3) is 15.9 Å². The smallest absolute Gasteiger partial charge is 0.441 e. The Hall–Kier alpha value is -3.36. The van der Waals surface area contributed by atoms with E-state index < -0.39 is 40.3 Å². The summed E-state index contributed by atoms with van der Waals surface area (Å²) in [6.07, 6.45) is -4.00. The van der Waals surface area contributed by atoms with Crippen LogP contribution in [0.4, 0.5) is 24.0 Å². The zero-order valence-electron chi connectivity index (χ0n) is 18.3. The number of esters is 1. The van der Waals surface area contributed by atoms with Crippen LogP contribution in [0.3, 0.4) is 0 Å². The van der Waals surface area contributed by atoms with Crippen LogP contribution in [0.5, 0.6) is 0 Å². The number of benzene rings is 2. The largest absolute Gasteiger partial charge is 0.463 e. The first-order chi connectivity index (χ1) is 16.9. The lowest BCUT2D eigenvalue weighted by Gasteiger charge is -2.35. The predicted molar refractivity (Wildman–Crippen MR) is 127 cm³/mol. The molecule has 1 amide bonds. The molecular weight excluding hydrogens is 545 g/mol. The van der Waals surface area contributed by atoms with E-state index in [1.807, 2.05) is 5.32 Å². The van der Waals surface area contributed by atoms with Crippen LogP contribution in [-0.2, 0) is 19.6 Å². The number of hydrogen-bond donors (Lipinski definition) is 3. The van der Waals surface area contributed by atoms with E-state index in [0.29, 0.717) is 0 Å². The third-order valence-electron chi connectivity index (χ3n) is 4.55. The normalized spacial score (nSPS) is 13.4. The van der Waals surface area contributed by atoms with Gasteiger partial charge in [-0.05, 0) is 49.4 Å². The van der Waals surface area contributed by atoms with Crippen LogP contribution in [0, 0.1) is 0 Å². The fourth-order valence-corrected chi connectivity index (χ4v) is 4.86. The number of thiazole rings is 1. The lowest BCUT2D eigenvalue weighted by molar-refractivity contribution is -0.204. The summed E-state index contributed by atoms with van der Waals surface area (Å²) in [5.74, 6) is -3.09. The second-order valence-electron chi connectivity index (χ2n) is 7.02. The molecule has 0 aliphatic heterocycles. The first-order valence-corrected chi connectivity index (χ1v) is 12.7. The van der Waals surface area contributed by atoms with Gasteiger partial charge in [-0.1, -0.05) is 17.7 Å². The lowest BCUT2D eigenvalue weighted by Crippen LogP contribution is -2.69. The van der Waals surface area contributed by atoms with E-state index >= 15 is 0 Å². The number of hydrogen-bond acceptors (Lipinski definition) is 8. The van der Waals surface area contributed by atoms with E-state index in [1.165, 1.54) is 31.3 Å². The highest BCUT2D eigenvalue weighted by atomic mass is 35.5. The summed E-state index contributed by atoms with van der Waals surface area (Å²) >= 11 is 6.85. The van der Waals surface area contributed by atoms with E-state index in [2.05, 4.69) is 14.4 Å². The number of carbonyl (C=O) groups excluding carboxylic acids is 2. The monoisotopic (exact) mass is 562 g/mol. The number of sulfonamides is 1. The number of carbonyl (C=O) groups is 2. The number of rotatable bonds is 9. The van der Waals surface area contributed by atoms with Crippen LogP contribution in [0.1, 0.15) is 17.3 Å². The van der Waals surface area contributed by atoms with Gasteiger partial charge in [0.1, 0.15) is 0 Å². The first kappa shape index (κ1) is 27.2. The molecule has 0 spiro atoms. The van der Waals surface area contributed by atoms with Crippen molar-refractivity contribution in [3.8, 4) is 0 Å². The van der Waals surface area contributed by atoms with Gasteiger partial charge in [0.15, 0.2) is 5.13 Å². The van der Waals surface area contributed by atoms with Gasteiger partial charge in [0, 0.05) is 27.9 Å². The van der Waals surface area contributed by atoms with Crippen molar-refractivity contribution in [2.75, 3.05) is 16.6 Å². The molecule has 1 aromatic heterocycles. The number of halogens is 4. The predicted octanol–water partition coefficient (Wildman–Crippen LogP) is 4.26. The second kappa shape index (κ2) is 10.7. The van der Waals surface area contributed by atoms with Gasteiger partial charge in [0.05, 0.1) is 11.5 Å². The van der Waals surface area contributed by atoms with Crippen LogP contribution >= 0.6 is 22.9 Å². The van der Waals surface area contributed by atoms with Crippen LogP contribution in [0.25, 0.3) is 0 Å². The molecule has 0 unspecified atom stereocenters. The first-order valence-electron chi connectivity index (χ1n) is 10.0. The van der Waals surface area contributed by atoms with Crippen LogP contribution in [0.15, 0.2) is 65.0 Å². The van der Waals surface area contributed by atoms with E-state index in [-0.39, 0.29) is 26.3 Å². The molecule has 0 saturated carbocycles. The number of nitrogens with one attached hydrogen (secondary N) is 3. The highest BCUT2D eigenvalue weighted by Gasteiger charge is 2.63. The summed E-state index contributed by atoms with van der Waals surface area (Å²) in [6.45, 7) is 0.887. The van der Waals surface area contributed by atoms with Crippen molar-refractivity contribution in [3.05, 3.63) is 70.7 Å². The summed E-state index contributed by atoms with van der Waals surface area (Å²) in [7, 11) is -4.08. The van der Waals surface area contributed by atoms with Gasteiger partial charge in [-0.25, -0.2) is 18.2 Å². The average molecular weight is 563 g/mol. The zero-order chi connectivity index (χ0) is 26.6. The van der Waals surface area contributed by atoms with Crippen LogP contribution in [-0.4, -0.2) is 43.7 Å². The van der Waals surface area contributed by atoms with Crippen molar-refractivity contribution in [2.45, 2.75) is 23.7 Å². The molecule has 0 bridgehead atoms. The molecule has 0 aliphatic rings. The van der Waals surface area contributed by atoms with Crippen molar-refractivity contribution in [2.24, 2.45) is 0 Å². The number of anilines is 2. The van der Waals surface area contributed by atoms with Crippen molar-refractivity contribution in [1.29, 1.82) is 0 Å². The van der Waals surface area contributed by atoms with E-state index in [9.17, 15) is 31.2 Å². The third kappa shape index (κ3) is 6.06. The van der Waals surface area contributed by atoms with Gasteiger partial charge < -0.3 is 15.4 Å². The molecule has 9 nitrogen and oxygen atoms in total. The molecule has 1 heterocycles. The summed E-state index contributed by atoms with van der Waals surface area (Å²) in [6, 6.07) is 9.14.